The minimum atomic E-state index is -0.860. The van der Waals surface area contributed by atoms with Gasteiger partial charge in [-0.1, -0.05) is 33.6 Å². The molecule has 1 fully saturated rings. The Balaban J connectivity index is 2.40. The topological polar surface area (TPSA) is 78.4 Å². The van der Waals surface area contributed by atoms with Crippen LogP contribution in [-0.4, -0.2) is 29.7 Å². The van der Waals surface area contributed by atoms with E-state index < -0.39 is 11.9 Å². The van der Waals surface area contributed by atoms with E-state index in [0.29, 0.717) is 6.42 Å². The van der Waals surface area contributed by atoms with Crippen LogP contribution in [0.3, 0.4) is 0 Å². The smallest absolute Gasteiger partial charge is 0.315 e. The molecule has 0 bridgehead atoms. The van der Waals surface area contributed by atoms with Crippen LogP contribution in [0.4, 0.5) is 4.79 Å². The molecule has 0 heterocycles. The SMILES string of the molecule is CCC(CNC(=O)NC1CCCCC1(C)C)C(=O)O. The maximum Gasteiger partial charge on any atom is 0.315 e. The summed E-state index contributed by atoms with van der Waals surface area (Å²) in [6.45, 7) is 6.33. The van der Waals surface area contributed by atoms with Crippen molar-refractivity contribution in [3.63, 3.8) is 0 Å². The van der Waals surface area contributed by atoms with E-state index in [1.165, 1.54) is 6.42 Å². The van der Waals surface area contributed by atoms with Gasteiger partial charge in [0, 0.05) is 12.6 Å². The lowest BCUT2D eigenvalue weighted by atomic mass is 9.73. The molecule has 1 saturated carbocycles. The van der Waals surface area contributed by atoms with Gasteiger partial charge < -0.3 is 15.7 Å². The summed E-state index contributed by atoms with van der Waals surface area (Å²) in [5, 5.41) is 14.6. The van der Waals surface area contributed by atoms with Crippen molar-refractivity contribution in [2.45, 2.75) is 58.9 Å². The molecule has 0 aromatic heterocycles. The van der Waals surface area contributed by atoms with E-state index >= 15 is 0 Å². The number of carbonyl (C=O) groups is 2. The van der Waals surface area contributed by atoms with E-state index in [2.05, 4.69) is 24.5 Å². The Bertz CT molecular complexity index is 329. The zero-order valence-electron chi connectivity index (χ0n) is 12.2. The van der Waals surface area contributed by atoms with Gasteiger partial charge in [-0.15, -0.1) is 0 Å². The fourth-order valence-electron chi connectivity index (χ4n) is 2.59. The van der Waals surface area contributed by atoms with Gasteiger partial charge in [0.1, 0.15) is 0 Å². The molecule has 5 heteroatoms. The summed E-state index contributed by atoms with van der Waals surface area (Å²) in [6.07, 6.45) is 4.98. The van der Waals surface area contributed by atoms with Crippen LogP contribution in [0.2, 0.25) is 0 Å². The largest absolute Gasteiger partial charge is 0.481 e. The van der Waals surface area contributed by atoms with Gasteiger partial charge in [0.2, 0.25) is 0 Å². The fourth-order valence-corrected chi connectivity index (χ4v) is 2.59. The maximum absolute atomic E-state index is 11.8. The van der Waals surface area contributed by atoms with Gasteiger partial charge in [0.25, 0.3) is 0 Å². The van der Waals surface area contributed by atoms with E-state index in [9.17, 15) is 9.59 Å². The van der Waals surface area contributed by atoms with Crippen LogP contribution in [0.25, 0.3) is 0 Å². The van der Waals surface area contributed by atoms with Gasteiger partial charge in [-0.2, -0.15) is 0 Å². The van der Waals surface area contributed by atoms with Crippen LogP contribution in [-0.2, 0) is 4.79 Å². The highest BCUT2D eigenvalue weighted by Crippen LogP contribution is 2.35. The van der Waals surface area contributed by atoms with Crippen molar-refractivity contribution < 1.29 is 14.7 Å². The molecule has 0 aliphatic heterocycles. The molecule has 2 atom stereocenters. The normalized spacial score (nSPS) is 23.4. The molecular weight excluding hydrogens is 244 g/mol. The van der Waals surface area contributed by atoms with Gasteiger partial charge in [0.05, 0.1) is 5.92 Å². The van der Waals surface area contributed by atoms with Gasteiger partial charge >= 0.3 is 12.0 Å². The van der Waals surface area contributed by atoms with E-state index in [4.69, 9.17) is 5.11 Å². The molecule has 2 unspecified atom stereocenters. The van der Waals surface area contributed by atoms with Crippen molar-refractivity contribution in [2.24, 2.45) is 11.3 Å². The van der Waals surface area contributed by atoms with Crippen LogP contribution in [0.1, 0.15) is 52.9 Å². The van der Waals surface area contributed by atoms with E-state index in [1.807, 2.05) is 6.92 Å². The van der Waals surface area contributed by atoms with Gasteiger partial charge in [-0.05, 0) is 24.7 Å². The van der Waals surface area contributed by atoms with Crippen molar-refractivity contribution in [1.29, 1.82) is 0 Å². The molecule has 1 aliphatic rings. The molecule has 19 heavy (non-hydrogen) atoms. The van der Waals surface area contributed by atoms with E-state index in [0.717, 1.165) is 19.3 Å². The Labute approximate surface area is 115 Å². The van der Waals surface area contributed by atoms with Crippen molar-refractivity contribution in [3.05, 3.63) is 0 Å². The monoisotopic (exact) mass is 270 g/mol. The molecule has 0 aromatic rings. The number of urea groups is 1. The lowest BCUT2D eigenvalue weighted by molar-refractivity contribution is -0.141. The molecule has 3 N–H and O–H groups in total. The van der Waals surface area contributed by atoms with Gasteiger partial charge in [-0.25, -0.2) is 4.79 Å². The molecule has 2 amide bonds. The van der Waals surface area contributed by atoms with E-state index in [1.54, 1.807) is 0 Å². The first-order valence-corrected chi connectivity index (χ1v) is 7.14. The average molecular weight is 270 g/mol. The zero-order chi connectivity index (χ0) is 14.5. The second-order valence-corrected chi connectivity index (χ2v) is 6.08. The summed E-state index contributed by atoms with van der Waals surface area (Å²) in [6, 6.07) is -0.0779. The molecule has 1 rings (SSSR count). The number of carboxylic acids is 1. The summed E-state index contributed by atoms with van der Waals surface area (Å²) in [7, 11) is 0. The molecule has 0 radical (unpaired) electrons. The zero-order valence-corrected chi connectivity index (χ0v) is 12.2. The first kappa shape index (κ1) is 15.8. The number of amides is 2. The lowest BCUT2D eigenvalue weighted by Gasteiger charge is -2.39. The van der Waals surface area contributed by atoms with Gasteiger partial charge in [0.15, 0.2) is 0 Å². The summed E-state index contributed by atoms with van der Waals surface area (Å²) < 4.78 is 0. The quantitative estimate of drug-likeness (QED) is 0.717. The number of carbonyl (C=O) groups excluding carboxylic acids is 1. The number of hydrogen-bond donors (Lipinski definition) is 3. The van der Waals surface area contributed by atoms with Crippen LogP contribution in [0, 0.1) is 11.3 Å². The Morgan fingerprint density at radius 1 is 1.37 bits per heavy atom. The molecule has 0 spiro atoms. The highest BCUT2D eigenvalue weighted by molar-refractivity contribution is 5.76. The number of rotatable bonds is 5. The number of carboxylic acid groups (broad SMARTS) is 1. The Hall–Kier alpha value is -1.26. The van der Waals surface area contributed by atoms with Crippen LogP contribution >= 0.6 is 0 Å². The second-order valence-electron chi connectivity index (χ2n) is 6.08. The third-order valence-electron chi connectivity index (χ3n) is 4.16. The van der Waals surface area contributed by atoms with Crippen molar-refractivity contribution in [3.8, 4) is 0 Å². The predicted molar refractivity (Wildman–Crippen MR) is 74.0 cm³/mol. The molecule has 0 saturated heterocycles. The summed E-state index contributed by atoms with van der Waals surface area (Å²) in [5.41, 5.74) is 0.118. The molecule has 1 aliphatic carbocycles. The van der Waals surface area contributed by atoms with Crippen molar-refractivity contribution >= 4 is 12.0 Å². The first-order chi connectivity index (χ1) is 8.86. The maximum atomic E-state index is 11.8. The molecule has 0 aromatic carbocycles. The summed E-state index contributed by atoms with van der Waals surface area (Å²) in [4.78, 5) is 22.7. The molecule has 110 valence electrons. The fraction of sp³-hybridized carbons (Fsp3) is 0.857. The third-order valence-corrected chi connectivity index (χ3v) is 4.16. The van der Waals surface area contributed by atoms with Crippen molar-refractivity contribution in [2.75, 3.05) is 6.54 Å². The molecular formula is C14H26N2O3. The molecule has 5 nitrogen and oxygen atoms in total. The minimum Gasteiger partial charge on any atom is -0.481 e. The standard InChI is InChI=1S/C14H26N2O3/c1-4-10(12(17)18)9-15-13(19)16-11-7-5-6-8-14(11,2)3/h10-11H,4-9H2,1-3H3,(H,17,18)(H2,15,16,19). The predicted octanol–water partition coefficient (Wildman–Crippen LogP) is 2.37. The third kappa shape index (κ3) is 4.73. The van der Waals surface area contributed by atoms with E-state index in [-0.39, 0.29) is 24.0 Å². The summed E-state index contributed by atoms with van der Waals surface area (Å²) in [5.74, 6) is -1.37. The van der Waals surface area contributed by atoms with Crippen LogP contribution in [0.5, 0.6) is 0 Å². The highest BCUT2D eigenvalue weighted by atomic mass is 16.4. The van der Waals surface area contributed by atoms with Crippen LogP contribution < -0.4 is 10.6 Å². The lowest BCUT2D eigenvalue weighted by Crippen LogP contribution is -2.51. The number of aliphatic carboxylic acids is 1. The Morgan fingerprint density at radius 2 is 2.05 bits per heavy atom. The Kier molecular flexibility index (Phi) is 5.63. The average Bonchev–Trinajstić information content (AvgIpc) is 2.32. The Morgan fingerprint density at radius 3 is 2.58 bits per heavy atom. The number of hydrogen-bond acceptors (Lipinski definition) is 2. The van der Waals surface area contributed by atoms with Crippen LogP contribution in [0.15, 0.2) is 0 Å². The summed E-state index contributed by atoms with van der Waals surface area (Å²) >= 11 is 0. The second kappa shape index (κ2) is 6.78. The van der Waals surface area contributed by atoms with Crippen molar-refractivity contribution in [1.82, 2.24) is 10.6 Å². The highest BCUT2D eigenvalue weighted by Gasteiger charge is 2.33. The minimum absolute atomic E-state index is 0.118. The first-order valence-electron chi connectivity index (χ1n) is 7.14. The number of nitrogens with one attached hydrogen (secondary N) is 2. The van der Waals surface area contributed by atoms with Gasteiger partial charge in [-0.3, -0.25) is 4.79 Å².